The zero-order chi connectivity index (χ0) is 23.0. The van der Waals surface area contributed by atoms with E-state index in [1.807, 2.05) is 48.5 Å². The zero-order valence-corrected chi connectivity index (χ0v) is 18.5. The van der Waals surface area contributed by atoms with Gasteiger partial charge < -0.3 is 9.47 Å². The Bertz CT molecular complexity index is 852. The molecular weight excluding hydrogens is 408 g/mol. The summed E-state index contributed by atoms with van der Waals surface area (Å²) in [6.07, 6.45) is 7.10. The predicted molar refractivity (Wildman–Crippen MR) is 125 cm³/mol. The number of hydrazone groups is 2. The van der Waals surface area contributed by atoms with E-state index in [1.165, 1.54) is 0 Å². The lowest BCUT2D eigenvalue weighted by atomic mass is 10.1. The first-order valence-corrected chi connectivity index (χ1v) is 10.5. The van der Waals surface area contributed by atoms with E-state index < -0.39 is 0 Å². The van der Waals surface area contributed by atoms with Crippen molar-refractivity contribution in [2.75, 3.05) is 14.2 Å². The first-order chi connectivity index (χ1) is 15.6. The molecule has 0 radical (unpaired) electrons. The Hall–Kier alpha value is -3.68. The van der Waals surface area contributed by atoms with E-state index in [0.717, 1.165) is 36.8 Å². The third-order valence-corrected chi connectivity index (χ3v) is 4.62. The largest absolute Gasteiger partial charge is 0.496 e. The van der Waals surface area contributed by atoms with Crippen molar-refractivity contribution in [3.8, 4) is 11.5 Å². The van der Waals surface area contributed by atoms with Crippen molar-refractivity contribution in [1.29, 1.82) is 0 Å². The first-order valence-electron chi connectivity index (χ1n) is 10.5. The van der Waals surface area contributed by atoms with Crippen molar-refractivity contribution >= 4 is 24.2 Å². The van der Waals surface area contributed by atoms with Gasteiger partial charge in [-0.25, -0.2) is 10.9 Å². The van der Waals surface area contributed by atoms with Gasteiger partial charge in [0.05, 0.1) is 26.6 Å². The molecule has 0 heterocycles. The molecule has 2 N–H and O–H groups in total. The van der Waals surface area contributed by atoms with Crippen LogP contribution < -0.4 is 20.3 Å². The molecule has 8 nitrogen and oxygen atoms in total. The molecule has 2 aromatic carbocycles. The Balaban J connectivity index is 1.55. The fraction of sp³-hybridized carbons (Fsp3) is 0.333. The number of methoxy groups -OCH3 is 2. The summed E-state index contributed by atoms with van der Waals surface area (Å²) in [7, 11) is 3.18. The minimum Gasteiger partial charge on any atom is -0.496 e. The summed E-state index contributed by atoms with van der Waals surface area (Å²) >= 11 is 0. The molecule has 0 aliphatic heterocycles. The van der Waals surface area contributed by atoms with Crippen LogP contribution in [-0.2, 0) is 9.59 Å². The van der Waals surface area contributed by atoms with Gasteiger partial charge in [-0.3, -0.25) is 9.59 Å². The fourth-order valence-electron chi connectivity index (χ4n) is 2.93. The highest BCUT2D eigenvalue weighted by atomic mass is 16.5. The van der Waals surface area contributed by atoms with Crippen LogP contribution in [-0.4, -0.2) is 38.5 Å². The number of carbonyl (C=O) groups excluding carboxylic acids is 2. The van der Waals surface area contributed by atoms with Crippen LogP contribution in [0.3, 0.4) is 0 Å². The average molecular weight is 439 g/mol. The predicted octanol–water partition coefficient (Wildman–Crippen LogP) is 3.64. The lowest BCUT2D eigenvalue weighted by molar-refractivity contribution is -0.122. The molecule has 0 fully saturated rings. The SMILES string of the molecule is COc1ccccc1/C=N\NC(=O)CCCCCCC(=O)N/N=C\c1ccccc1OC. The minimum atomic E-state index is -0.139. The van der Waals surface area contributed by atoms with Crippen LogP contribution in [0.5, 0.6) is 11.5 Å². The van der Waals surface area contributed by atoms with Crippen LogP contribution in [0.2, 0.25) is 0 Å². The number of para-hydroxylation sites is 2. The Morgan fingerprint density at radius 1 is 0.719 bits per heavy atom. The Morgan fingerprint density at radius 2 is 1.12 bits per heavy atom. The first kappa shape index (κ1) is 24.6. The maximum atomic E-state index is 11.9. The Morgan fingerprint density at radius 3 is 1.53 bits per heavy atom. The van der Waals surface area contributed by atoms with Crippen molar-refractivity contribution in [3.05, 3.63) is 59.7 Å². The third kappa shape index (κ3) is 8.99. The van der Waals surface area contributed by atoms with Crippen molar-refractivity contribution in [2.24, 2.45) is 10.2 Å². The normalized spacial score (nSPS) is 10.9. The van der Waals surface area contributed by atoms with Crippen LogP contribution in [0.15, 0.2) is 58.7 Å². The fourth-order valence-corrected chi connectivity index (χ4v) is 2.93. The number of rotatable bonds is 13. The lowest BCUT2D eigenvalue weighted by Gasteiger charge is -2.04. The van der Waals surface area contributed by atoms with Gasteiger partial charge in [0, 0.05) is 24.0 Å². The average Bonchev–Trinajstić information content (AvgIpc) is 2.82. The summed E-state index contributed by atoms with van der Waals surface area (Å²) in [5.74, 6) is 1.11. The lowest BCUT2D eigenvalue weighted by Crippen LogP contribution is -2.17. The van der Waals surface area contributed by atoms with Gasteiger partial charge >= 0.3 is 0 Å². The van der Waals surface area contributed by atoms with Gasteiger partial charge in [0.25, 0.3) is 0 Å². The summed E-state index contributed by atoms with van der Waals surface area (Å²) in [5.41, 5.74) is 6.63. The van der Waals surface area contributed by atoms with Crippen LogP contribution in [0.25, 0.3) is 0 Å². The Kier molecular flexibility index (Phi) is 11.0. The molecule has 0 aliphatic carbocycles. The number of ether oxygens (including phenoxy) is 2. The summed E-state index contributed by atoms with van der Waals surface area (Å²) in [6.45, 7) is 0. The quantitative estimate of drug-likeness (QED) is 0.283. The van der Waals surface area contributed by atoms with Crippen LogP contribution in [0.4, 0.5) is 0 Å². The summed E-state index contributed by atoms with van der Waals surface area (Å²) < 4.78 is 10.5. The van der Waals surface area contributed by atoms with Gasteiger partial charge in [0.1, 0.15) is 11.5 Å². The van der Waals surface area contributed by atoms with Crippen molar-refractivity contribution in [3.63, 3.8) is 0 Å². The maximum Gasteiger partial charge on any atom is 0.240 e. The highest BCUT2D eigenvalue weighted by Gasteiger charge is 2.03. The molecule has 8 heteroatoms. The van der Waals surface area contributed by atoms with E-state index in [1.54, 1.807) is 26.6 Å². The zero-order valence-electron chi connectivity index (χ0n) is 18.5. The van der Waals surface area contributed by atoms with E-state index in [-0.39, 0.29) is 11.8 Å². The molecule has 2 aromatic rings. The van der Waals surface area contributed by atoms with Gasteiger partial charge in [0.15, 0.2) is 0 Å². The second kappa shape index (κ2) is 14.3. The van der Waals surface area contributed by atoms with E-state index in [0.29, 0.717) is 24.3 Å². The van der Waals surface area contributed by atoms with Gasteiger partial charge in [-0.1, -0.05) is 37.1 Å². The molecule has 2 amide bonds. The van der Waals surface area contributed by atoms with E-state index >= 15 is 0 Å². The van der Waals surface area contributed by atoms with Crippen molar-refractivity contribution < 1.29 is 19.1 Å². The van der Waals surface area contributed by atoms with Gasteiger partial charge in [0.2, 0.25) is 11.8 Å². The summed E-state index contributed by atoms with van der Waals surface area (Å²) in [5, 5.41) is 7.94. The number of amides is 2. The molecule has 0 aromatic heterocycles. The van der Waals surface area contributed by atoms with Gasteiger partial charge in [-0.15, -0.1) is 0 Å². The molecular formula is C24H30N4O4. The number of hydrogen-bond acceptors (Lipinski definition) is 6. The van der Waals surface area contributed by atoms with E-state index in [2.05, 4.69) is 21.1 Å². The third-order valence-electron chi connectivity index (χ3n) is 4.62. The van der Waals surface area contributed by atoms with E-state index in [9.17, 15) is 9.59 Å². The van der Waals surface area contributed by atoms with E-state index in [4.69, 9.17) is 9.47 Å². The highest BCUT2D eigenvalue weighted by Crippen LogP contribution is 2.15. The number of nitrogens with zero attached hydrogens (tertiary/aromatic N) is 2. The standard InChI is InChI=1S/C24H30N4O4/c1-31-21-13-9-7-11-19(21)17-25-27-23(29)15-5-3-4-6-16-24(30)28-26-18-20-12-8-10-14-22(20)32-2/h7-14,17-18H,3-6,15-16H2,1-2H3,(H,27,29)(H,28,30)/b25-17-,26-18-. The topological polar surface area (TPSA) is 101 Å². The molecule has 170 valence electrons. The van der Waals surface area contributed by atoms with Crippen LogP contribution >= 0.6 is 0 Å². The molecule has 0 bridgehead atoms. The molecule has 0 aliphatic rings. The summed E-state index contributed by atoms with van der Waals surface area (Å²) in [4.78, 5) is 23.7. The number of unbranched alkanes of at least 4 members (excludes halogenated alkanes) is 3. The number of benzene rings is 2. The van der Waals surface area contributed by atoms with Crippen molar-refractivity contribution in [2.45, 2.75) is 38.5 Å². The van der Waals surface area contributed by atoms with Crippen molar-refractivity contribution in [1.82, 2.24) is 10.9 Å². The number of carbonyl (C=O) groups is 2. The maximum absolute atomic E-state index is 11.9. The molecule has 0 saturated heterocycles. The minimum absolute atomic E-state index is 0.139. The number of nitrogens with one attached hydrogen (secondary N) is 2. The molecule has 0 saturated carbocycles. The molecule has 2 rings (SSSR count). The summed E-state index contributed by atoms with van der Waals surface area (Å²) in [6, 6.07) is 14.9. The van der Waals surface area contributed by atoms with Gasteiger partial charge in [-0.2, -0.15) is 10.2 Å². The molecule has 32 heavy (non-hydrogen) atoms. The molecule has 0 atom stereocenters. The highest BCUT2D eigenvalue weighted by molar-refractivity contribution is 5.85. The molecule has 0 unspecified atom stereocenters. The smallest absolute Gasteiger partial charge is 0.240 e. The second-order valence-electron chi connectivity index (χ2n) is 6.98. The van der Waals surface area contributed by atoms with Crippen LogP contribution in [0, 0.1) is 0 Å². The van der Waals surface area contributed by atoms with Gasteiger partial charge in [-0.05, 0) is 37.1 Å². The number of hydrogen-bond donors (Lipinski definition) is 2. The van der Waals surface area contributed by atoms with Crippen LogP contribution in [0.1, 0.15) is 49.7 Å². The second-order valence-corrected chi connectivity index (χ2v) is 6.98. The Labute approximate surface area is 188 Å². The molecule has 0 spiro atoms. The monoisotopic (exact) mass is 438 g/mol.